The predicted octanol–water partition coefficient (Wildman–Crippen LogP) is 2.30. The zero-order chi connectivity index (χ0) is 16.5. The summed E-state index contributed by atoms with van der Waals surface area (Å²) in [6.45, 7) is 5.05. The van der Waals surface area contributed by atoms with E-state index in [1.54, 1.807) is 13.2 Å². The Balaban J connectivity index is 0.00000288. The minimum atomic E-state index is 0. The van der Waals surface area contributed by atoms with E-state index in [0.717, 1.165) is 37.5 Å². The molecular weight excluding hydrogens is 421 g/mol. The molecule has 0 aliphatic carbocycles. The van der Waals surface area contributed by atoms with Crippen molar-refractivity contribution in [2.45, 2.75) is 32.3 Å². The molecule has 1 saturated heterocycles. The summed E-state index contributed by atoms with van der Waals surface area (Å²) in [6, 6.07) is 5.53. The van der Waals surface area contributed by atoms with Gasteiger partial charge in [-0.15, -0.1) is 24.0 Å². The number of aliphatic imine (C=N–C) groups is 1. The van der Waals surface area contributed by atoms with Crippen LogP contribution in [0.1, 0.15) is 25.3 Å². The maximum atomic E-state index is 10.1. The molecule has 24 heavy (non-hydrogen) atoms. The molecule has 2 rings (SSSR count). The molecule has 1 aliphatic rings. The van der Waals surface area contributed by atoms with E-state index in [0.29, 0.717) is 25.3 Å². The highest BCUT2D eigenvalue weighted by molar-refractivity contribution is 14.0. The van der Waals surface area contributed by atoms with Crippen LogP contribution in [0.15, 0.2) is 23.2 Å². The average Bonchev–Trinajstić information content (AvgIpc) is 3.07. The van der Waals surface area contributed by atoms with Gasteiger partial charge in [0.25, 0.3) is 0 Å². The van der Waals surface area contributed by atoms with Gasteiger partial charge >= 0.3 is 0 Å². The number of hydrogen-bond acceptors (Lipinski definition) is 4. The van der Waals surface area contributed by atoms with Crippen LogP contribution in [0.5, 0.6) is 11.5 Å². The van der Waals surface area contributed by atoms with Crippen molar-refractivity contribution in [2.75, 3.05) is 33.4 Å². The molecular formula is C17H28IN3O3. The topological polar surface area (TPSA) is 75.1 Å². The summed E-state index contributed by atoms with van der Waals surface area (Å²) >= 11 is 0. The Labute approximate surface area is 161 Å². The maximum Gasteiger partial charge on any atom is 0.191 e. The fraction of sp³-hybridized carbons (Fsp3) is 0.588. The lowest BCUT2D eigenvalue weighted by molar-refractivity contribution is 0.117. The highest BCUT2D eigenvalue weighted by atomic mass is 127. The quantitative estimate of drug-likeness (QED) is 0.339. The Bertz CT molecular complexity index is 520. The van der Waals surface area contributed by atoms with Crippen molar-refractivity contribution in [3.63, 3.8) is 0 Å². The summed E-state index contributed by atoms with van der Waals surface area (Å²) in [4.78, 5) is 4.57. The van der Waals surface area contributed by atoms with Gasteiger partial charge in [0.2, 0.25) is 0 Å². The fourth-order valence-electron chi connectivity index (χ4n) is 2.57. The number of nitrogens with zero attached hydrogens (tertiary/aromatic N) is 1. The summed E-state index contributed by atoms with van der Waals surface area (Å²) in [5.41, 5.74) is 0.854. The predicted molar refractivity (Wildman–Crippen MR) is 107 cm³/mol. The number of rotatable bonds is 7. The minimum Gasteiger partial charge on any atom is -0.504 e. The van der Waals surface area contributed by atoms with E-state index in [-0.39, 0.29) is 35.8 Å². The summed E-state index contributed by atoms with van der Waals surface area (Å²) in [5.74, 6) is 1.49. The molecule has 1 aromatic rings. The number of phenolic OH excluding ortho intramolecular Hbond substituents is 1. The van der Waals surface area contributed by atoms with Crippen LogP contribution in [-0.2, 0) is 11.2 Å². The molecule has 0 radical (unpaired) electrons. The van der Waals surface area contributed by atoms with E-state index >= 15 is 0 Å². The Morgan fingerprint density at radius 2 is 2.25 bits per heavy atom. The standard InChI is InChI=1S/C17H27N3O3.HI/c1-3-18-17(20-12-14-7-5-11-23-14)19-10-9-13-6-4-8-15(22-2)16(13)21;/h4,6,8,14,21H,3,5,7,9-12H2,1-2H3,(H2,18,19,20);1H. The lowest BCUT2D eigenvalue weighted by Gasteiger charge is -2.14. The lowest BCUT2D eigenvalue weighted by Crippen LogP contribution is -2.39. The highest BCUT2D eigenvalue weighted by Gasteiger charge is 2.15. The van der Waals surface area contributed by atoms with Gasteiger partial charge in [-0.1, -0.05) is 12.1 Å². The van der Waals surface area contributed by atoms with Gasteiger partial charge in [-0.05, 0) is 37.8 Å². The first kappa shape index (κ1) is 20.8. The van der Waals surface area contributed by atoms with Gasteiger partial charge in [-0.25, -0.2) is 0 Å². The molecule has 0 aromatic heterocycles. The molecule has 1 aliphatic heterocycles. The zero-order valence-corrected chi connectivity index (χ0v) is 16.7. The highest BCUT2D eigenvalue weighted by Crippen LogP contribution is 2.29. The summed E-state index contributed by atoms with van der Waals surface area (Å²) < 4.78 is 10.7. The number of phenols is 1. The number of benzene rings is 1. The van der Waals surface area contributed by atoms with E-state index < -0.39 is 0 Å². The lowest BCUT2D eigenvalue weighted by atomic mass is 10.1. The van der Waals surface area contributed by atoms with Crippen LogP contribution in [0.3, 0.4) is 0 Å². The summed E-state index contributed by atoms with van der Waals surface area (Å²) in [5, 5.41) is 16.6. The number of nitrogens with one attached hydrogen (secondary N) is 2. The van der Waals surface area contributed by atoms with Crippen LogP contribution in [0.2, 0.25) is 0 Å². The normalized spacial score (nSPS) is 17.2. The first-order chi connectivity index (χ1) is 11.2. The third kappa shape index (κ3) is 6.35. The molecule has 0 saturated carbocycles. The van der Waals surface area contributed by atoms with Gasteiger partial charge in [0.05, 0.1) is 19.8 Å². The van der Waals surface area contributed by atoms with Crippen LogP contribution in [0.4, 0.5) is 0 Å². The Kier molecular flexibility index (Phi) is 9.85. The second-order valence-electron chi connectivity index (χ2n) is 5.50. The van der Waals surface area contributed by atoms with E-state index in [1.807, 2.05) is 19.1 Å². The molecule has 1 atom stereocenters. The van der Waals surface area contributed by atoms with Crippen LogP contribution >= 0.6 is 24.0 Å². The van der Waals surface area contributed by atoms with E-state index in [2.05, 4.69) is 15.6 Å². The Morgan fingerprint density at radius 1 is 1.42 bits per heavy atom. The first-order valence-electron chi connectivity index (χ1n) is 8.23. The number of para-hydroxylation sites is 1. The van der Waals surface area contributed by atoms with Crippen LogP contribution in [0.25, 0.3) is 0 Å². The van der Waals surface area contributed by atoms with E-state index in [1.165, 1.54) is 0 Å². The Hall–Kier alpha value is -1.22. The molecule has 1 fully saturated rings. The second kappa shape index (κ2) is 11.4. The third-order valence-electron chi connectivity index (χ3n) is 3.81. The molecule has 0 spiro atoms. The fourth-order valence-corrected chi connectivity index (χ4v) is 2.57. The maximum absolute atomic E-state index is 10.1. The number of halogens is 1. The van der Waals surface area contributed by atoms with Crippen molar-refractivity contribution in [2.24, 2.45) is 4.99 Å². The van der Waals surface area contributed by atoms with Crippen molar-refractivity contribution in [1.82, 2.24) is 10.6 Å². The molecule has 6 nitrogen and oxygen atoms in total. The molecule has 136 valence electrons. The third-order valence-corrected chi connectivity index (χ3v) is 3.81. The summed E-state index contributed by atoms with van der Waals surface area (Å²) in [7, 11) is 1.55. The van der Waals surface area contributed by atoms with Crippen molar-refractivity contribution in [3.05, 3.63) is 23.8 Å². The van der Waals surface area contributed by atoms with Crippen molar-refractivity contribution < 1.29 is 14.6 Å². The number of methoxy groups -OCH3 is 1. The van der Waals surface area contributed by atoms with Crippen molar-refractivity contribution in [3.8, 4) is 11.5 Å². The van der Waals surface area contributed by atoms with Gasteiger partial charge in [0, 0.05) is 19.7 Å². The molecule has 0 amide bonds. The second-order valence-corrected chi connectivity index (χ2v) is 5.50. The van der Waals surface area contributed by atoms with E-state index in [4.69, 9.17) is 9.47 Å². The molecule has 3 N–H and O–H groups in total. The van der Waals surface area contributed by atoms with Crippen LogP contribution < -0.4 is 15.4 Å². The smallest absolute Gasteiger partial charge is 0.191 e. The van der Waals surface area contributed by atoms with Crippen LogP contribution in [0, 0.1) is 0 Å². The number of ether oxygens (including phenoxy) is 2. The average molecular weight is 449 g/mol. The number of hydrogen-bond donors (Lipinski definition) is 3. The molecule has 1 heterocycles. The monoisotopic (exact) mass is 449 g/mol. The molecule has 0 bridgehead atoms. The Morgan fingerprint density at radius 3 is 2.92 bits per heavy atom. The molecule has 1 aromatic carbocycles. The molecule has 1 unspecified atom stereocenters. The first-order valence-corrected chi connectivity index (χ1v) is 8.23. The number of aromatic hydroxyl groups is 1. The van der Waals surface area contributed by atoms with Gasteiger partial charge < -0.3 is 25.2 Å². The van der Waals surface area contributed by atoms with Crippen LogP contribution in [-0.4, -0.2) is 50.5 Å². The number of guanidine groups is 1. The van der Waals surface area contributed by atoms with Crippen molar-refractivity contribution in [1.29, 1.82) is 0 Å². The SMILES string of the molecule is CCNC(=NCC1CCCO1)NCCc1cccc(OC)c1O.I. The zero-order valence-electron chi connectivity index (χ0n) is 14.4. The van der Waals surface area contributed by atoms with Gasteiger partial charge in [-0.3, -0.25) is 4.99 Å². The van der Waals surface area contributed by atoms with Crippen molar-refractivity contribution >= 4 is 29.9 Å². The van der Waals surface area contributed by atoms with E-state index in [9.17, 15) is 5.11 Å². The van der Waals surface area contributed by atoms with Gasteiger partial charge in [0.15, 0.2) is 17.5 Å². The largest absolute Gasteiger partial charge is 0.504 e. The van der Waals surface area contributed by atoms with Gasteiger partial charge in [-0.2, -0.15) is 0 Å². The summed E-state index contributed by atoms with van der Waals surface area (Å²) in [6.07, 6.45) is 3.14. The van der Waals surface area contributed by atoms with Gasteiger partial charge in [0.1, 0.15) is 0 Å². The minimum absolute atomic E-state index is 0. The molecule has 7 heteroatoms.